The molecule has 2 N–H and O–H groups in total. The normalized spacial score (nSPS) is 13.9. The van der Waals surface area contributed by atoms with E-state index in [0.717, 1.165) is 0 Å². The third kappa shape index (κ3) is 4.15. The van der Waals surface area contributed by atoms with Crippen LogP contribution in [0.15, 0.2) is 41.3 Å². The molecule has 0 aromatic heterocycles. The van der Waals surface area contributed by atoms with Crippen LogP contribution in [0.3, 0.4) is 0 Å². The summed E-state index contributed by atoms with van der Waals surface area (Å²) in [5, 5.41) is 2.65. The molecule has 8 nitrogen and oxygen atoms in total. The molecule has 2 aromatic carbocycles. The van der Waals surface area contributed by atoms with Gasteiger partial charge in [-0.15, -0.1) is 0 Å². The Morgan fingerprint density at radius 1 is 1.15 bits per heavy atom. The molecule has 1 atom stereocenters. The van der Waals surface area contributed by atoms with Crippen LogP contribution in [0.2, 0.25) is 0 Å². The Bertz CT molecular complexity index is 974. The zero-order chi connectivity index (χ0) is 19.6. The van der Waals surface area contributed by atoms with Crippen LogP contribution in [0.1, 0.15) is 12.5 Å². The van der Waals surface area contributed by atoms with Crippen molar-refractivity contribution >= 4 is 21.6 Å². The molecule has 1 aliphatic heterocycles. The van der Waals surface area contributed by atoms with Gasteiger partial charge in [-0.25, -0.2) is 8.42 Å². The van der Waals surface area contributed by atoms with Crippen molar-refractivity contribution in [3.05, 3.63) is 42.0 Å². The molecule has 1 aliphatic rings. The highest BCUT2D eigenvalue weighted by atomic mass is 32.2. The average molecular weight is 392 g/mol. The van der Waals surface area contributed by atoms with Crippen LogP contribution in [0.25, 0.3) is 0 Å². The Kier molecular flexibility index (Phi) is 5.24. The van der Waals surface area contributed by atoms with E-state index in [2.05, 4.69) is 10.0 Å². The second kappa shape index (κ2) is 7.45. The Morgan fingerprint density at radius 2 is 1.89 bits per heavy atom. The van der Waals surface area contributed by atoms with Crippen molar-refractivity contribution in [2.45, 2.75) is 24.8 Å². The van der Waals surface area contributed by atoms with Gasteiger partial charge in [-0.05, 0) is 49.7 Å². The molecule has 0 bridgehead atoms. The van der Waals surface area contributed by atoms with Gasteiger partial charge in [0.2, 0.25) is 22.7 Å². The van der Waals surface area contributed by atoms with Gasteiger partial charge in [0.1, 0.15) is 5.75 Å². The first-order chi connectivity index (χ1) is 12.8. The van der Waals surface area contributed by atoms with Crippen molar-refractivity contribution < 1.29 is 27.4 Å². The summed E-state index contributed by atoms with van der Waals surface area (Å²) in [5.41, 5.74) is 1.16. The second-order valence-electron chi connectivity index (χ2n) is 6.03. The number of hydrogen-bond acceptors (Lipinski definition) is 6. The molecule has 1 amide bonds. The second-order valence-corrected chi connectivity index (χ2v) is 7.75. The van der Waals surface area contributed by atoms with E-state index in [0.29, 0.717) is 28.5 Å². The first kappa shape index (κ1) is 19.0. The summed E-state index contributed by atoms with van der Waals surface area (Å²) < 4.78 is 43.0. The van der Waals surface area contributed by atoms with E-state index in [9.17, 15) is 13.2 Å². The average Bonchev–Trinajstić information content (AvgIpc) is 3.09. The molecule has 0 saturated heterocycles. The number of aryl methyl sites for hydroxylation is 1. The van der Waals surface area contributed by atoms with Crippen molar-refractivity contribution in [2.24, 2.45) is 0 Å². The number of anilines is 1. The molecule has 0 spiro atoms. The number of sulfonamides is 1. The van der Waals surface area contributed by atoms with Crippen LogP contribution < -0.4 is 24.2 Å². The highest BCUT2D eigenvalue weighted by Crippen LogP contribution is 2.34. The molecular formula is C18H20N2O6S. The molecule has 1 heterocycles. The number of benzene rings is 2. The van der Waals surface area contributed by atoms with E-state index in [1.165, 1.54) is 26.2 Å². The van der Waals surface area contributed by atoms with Gasteiger partial charge in [-0.2, -0.15) is 4.72 Å². The molecule has 0 radical (unpaired) electrons. The fraction of sp³-hybridized carbons (Fsp3) is 0.278. The van der Waals surface area contributed by atoms with Gasteiger partial charge >= 0.3 is 0 Å². The van der Waals surface area contributed by atoms with E-state index in [1.807, 2.05) is 0 Å². The van der Waals surface area contributed by atoms with Gasteiger partial charge in [-0.1, -0.05) is 0 Å². The predicted octanol–water partition coefficient (Wildman–Crippen LogP) is 2.04. The van der Waals surface area contributed by atoms with Crippen molar-refractivity contribution in [1.29, 1.82) is 0 Å². The number of rotatable bonds is 6. The minimum absolute atomic E-state index is 0.0588. The van der Waals surface area contributed by atoms with Crippen molar-refractivity contribution in [3.63, 3.8) is 0 Å². The largest absolute Gasteiger partial charge is 0.496 e. The van der Waals surface area contributed by atoms with Gasteiger partial charge in [0.05, 0.1) is 18.0 Å². The number of carbonyl (C=O) groups excluding carboxylic acids is 1. The van der Waals surface area contributed by atoms with E-state index < -0.39 is 22.0 Å². The highest BCUT2D eigenvalue weighted by molar-refractivity contribution is 7.89. The van der Waals surface area contributed by atoms with E-state index in [1.54, 1.807) is 31.2 Å². The summed E-state index contributed by atoms with van der Waals surface area (Å²) in [6.07, 6.45) is 0. The van der Waals surface area contributed by atoms with Crippen molar-refractivity contribution in [2.75, 3.05) is 19.2 Å². The topological polar surface area (TPSA) is 103 Å². The van der Waals surface area contributed by atoms with Gasteiger partial charge in [0.25, 0.3) is 0 Å². The number of hydrogen-bond donors (Lipinski definition) is 2. The summed E-state index contributed by atoms with van der Waals surface area (Å²) in [6.45, 7) is 3.34. The van der Waals surface area contributed by atoms with Crippen LogP contribution in [0, 0.1) is 6.92 Å². The number of nitrogens with one attached hydrogen (secondary N) is 2. The summed E-state index contributed by atoms with van der Waals surface area (Å²) in [5.74, 6) is 1.21. The summed E-state index contributed by atoms with van der Waals surface area (Å²) in [4.78, 5) is 12.4. The van der Waals surface area contributed by atoms with Crippen molar-refractivity contribution in [3.8, 4) is 17.2 Å². The predicted molar refractivity (Wildman–Crippen MR) is 98.7 cm³/mol. The molecule has 0 fully saturated rings. The molecule has 0 saturated carbocycles. The van der Waals surface area contributed by atoms with Crippen LogP contribution in [-0.4, -0.2) is 34.3 Å². The third-order valence-corrected chi connectivity index (χ3v) is 5.58. The Morgan fingerprint density at radius 3 is 2.59 bits per heavy atom. The van der Waals surface area contributed by atoms with E-state index in [4.69, 9.17) is 14.2 Å². The lowest BCUT2D eigenvalue weighted by Crippen LogP contribution is -2.41. The third-order valence-electron chi connectivity index (χ3n) is 4.04. The number of ether oxygens (including phenoxy) is 3. The van der Waals surface area contributed by atoms with Crippen LogP contribution in [0.4, 0.5) is 5.69 Å². The highest BCUT2D eigenvalue weighted by Gasteiger charge is 2.23. The van der Waals surface area contributed by atoms with Gasteiger partial charge in [0.15, 0.2) is 11.5 Å². The maximum absolute atomic E-state index is 12.5. The number of carbonyl (C=O) groups is 1. The van der Waals surface area contributed by atoms with Crippen LogP contribution >= 0.6 is 0 Å². The molecular weight excluding hydrogens is 372 g/mol. The zero-order valence-electron chi connectivity index (χ0n) is 15.1. The number of methoxy groups -OCH3 is 1. The Balaban J connectivity index is 1.69. The molecule has 2 aromatic rings. The smallest absolute Gasteiger partial charge is 0.242 e. The lowest BCUT2D eigenvalue weighted by molar-refractivity contribution is -0.117. The van der Waals surface area contributed by atoms with Crippen LogP contribution in [0.5, 0.6) is 17.2 Å². The lowest BCUT2D eigenvalue weighted by Gasteiger charge is -2.15. The fourth-order valence-corrected chi connectivity index (χ4v) is 3.88. The molecule has 144 valence electrons. The SMILES string of the molecule is COc1ccc(S(=O)(=O)NC(C)C(=O)Nc2ccc3c(c2)OCO3)cc1C. The Hall–Kier alpha value is -2.78. The summed E-state index contributed by atoms with van der Waals surface area (Å²) in [6, 6.07) is 8.45. The summed E-state index contributed by atoms with van der Waals surface area (Å²) >= 11 is 0. The zero-order valence-corrected chi connectivity index (χ0v) is 15.9. The maximum atomic E-state index is 12.5. The van der Waals surface area contributed by atoms with E-state index in [-0.39, 0.29) is 11.7 Å². The Labute approximate surface area is 157 Å². The van der Waals surface area contributed by atoms with Gasteiger partial charge in [-0.3, -0.25) is 4.79 Å². The first-order valence-electron chi connectivity index (χ1n) is 8.17. The standard InChI is InChI=1S/C18H20N2O6S/c1-11-8-14(5-7-15(11)24-3)27(22,23)20-12(2)18(21)19-13-4-6-16-17(9-13)26-10-25-16/h4-9,12,20H,10H2,1-3H3,(H,19,21). The molecule has 27 heavy (non-hydrogen) atoms. The van der Waals surface area contributed by atoms with Crippen molar-refractivity contribution in [1.82, 2.24) is 4.72 Å². The molecule has 9 heteroatoms. The van der Waals surface area contributed by atoms with Crippen LogP contribution in [-0.2, 0) is 14.8 Å². The lowest BCUT2D eigenvalue weighted by atomic mass is 10.2. The van der Waals surface area contributed by atoms with E-state index >= 15 is 0 Å². The molecule has 1 unspecified atom stereocenters. The van der Waals surface area contributed by atoms with Gasteiger partial charge in [0, 0.05) is 11.8 Å². The van der Waals surface area contributed by atoms with Gasteiger partial charge < -0.3 is 19.5 Å². The monoisotopic (exact) mass is 392 g/mol. The first-order valence-corrected chi connectivity index (χ1v) is 9.66. The molecule has 0 aliphatic carbocycles. The maximum Gasteiger partial charge on any atom is 0.242 e. The minimum atomic E-state index is -3.86. The number of amides is 1. The fourth-order valence-electron chi connectivity index (χ4n) is 2.60. The quantitative estimate of drug-likeness (QED) is 0.780. The summed E-state index contributed by atoms with van der Waals surface area (Å²) in [7, 11) is -2.35. The number of fused-ring (bicyclic) bond motifs is 1. The minimum Gasteiger partial charge on any atom is -0.496 e. The molecule has 3 rings (SSSR count).